The Hall–Kier alpha value is -0.810. The zero-order valence-electron chi connectivity index (χ0n) is 11.8. The maximum atomic E-state index is 11.8. The van der Waals surface area contributed by atoms with Crippen LogP contribution in [0.2, 0.25) is 0 Å². The Labute approximate surface area is 121 Å². The summed E-state index contributed by atoms with van der Waals surface area (Å²) in [4.78, 5) is 23.2. The first kappa shape index (κ1) is 18.2. The van der Waals surface area contributed by atoms with E-state index in [1.54, 1.807) is 0 Å². The molecule has 0 aromatic heterocycles. The number of hydrogen-bond acceptors (Lipinski definition) is 3. The SMILES string of the molecule is CCC(C)NC(=O)CCNC(=O)[C@@H]1CCCCN1.Cl. The van der Waals surface area contributed by atoms with Crippen molar-refractivity contribution >= 4 is 24.2 Å². The first-order chi connectivity index (χ1) is 8.63. The number of nitrogens with one attached hydrogen (secondary N) is 3. The lowest BCUT2D eigenvalue weighted by Crippen LogP contribution is -2.47. The van der Waals surface area contributed by atoms with E-state index in [1.165, 1.54) is 0 Å². The molecule has 112 valence electrons. The number of amides is 2. The van der Waals surface area contributed by atoms with E-state index in [2.05, 4.69) is 16.0 Å². The lowest BCUT2D eigenvalue weighted by molar-refractivity contribution is -0.124. The highest BCUT2D eigenvalue weighted by atomic mass is 35.5. The van der Waals surface area contributed by atoms with Crippen molar-refractivity contribution in [1.29, 1.82) is 0 Å². The summed E-state index contributed by atoms with van der Waals surface area (Å²) in [5.41, 5.74) is 0. The average molecular weight is 292 g/mol. The van der Waals surface area contributed by atoms with Crippen molar-refractivity contribution in [2.45, 2.75) is 58.0 Å². The molecule has 1 saturated heterocycles. The van der Waals surface area contributed by atoms with Gasteiger partial charge in [0.1, 0.15) is 0 Å². The largest absolute Gasteiger partial charge is 0.354 e. The average Bonchev–Trinajstić information content (AvgIpc) is 2.39. The van der Waals surface area contributed by atoms with Crippen LogP contribution in [0, 0.1) is 0 Å². The fourth-order valence-electron chi connectivity index (χ4n) is 1.95. The van der Waals surface area contributed by atoms with Crippen molar-refractivity contribution < 1.29 is 9.59 Å². The molecule has 0 saturated carbocycles. The van der Waals surface area contributed by atoms with Crippen LogP contribution < -0.4 is 16.0 Å². The van der Waals surface area contributed by atoms with Crippen LogP contribution in [0.5, 0.6) is 0 Å². The quantitative estimate of drug-likeness (QED) is 0.683. The van der Waals surface area contributed by atoms with Crippen LogP contribution in [0.1, 0.15) is 46.0 Å². The van der Waals surface area contributed by atoms with Crippen molar-refractivity contribution in [3.63, 3.8) is 0 Å². The van der Waals surface area contributed by atoms with Gasteiger partial charge in [0.2, 0.25) is 11.8 Å². The minimum atomic E-state index is -0.0728. The summed E-state index contributed by atoms with van der Waals surface area (Å²) in [5.74, 6) is 0.0206. The van der Waals surface area contributed by atoms with Crippen molar-refractivity contribution in [2.75, 3.05) is 13.1 Å². The van der Waals surface area contributed by atoms with Gasteiger partial charge in [0, 0.05) is 19.0 Å². The van der Waals surface area contributed by atoms with Gasteiger partial charge in [-0.1, -0.05) is 13.3 Å². The molecule has 1 unspecified atom stereocenters. The summed E-state index contributed by atoms with van der Waals surface area (Å²) in [6, 6.07) is 0.129. The molecule has 2 atom stereocenters. The second-order valence-corrected chi connectivity index (χ2v) is 4.92. The van der Waals surface area contributed by atoms with Crippen molar-refractivity contribution in [1.82, 2.24) is 16.0 Å². The Morgan fingerprint density at radius 3 is 2.68 bits per heavy atom. The minimum Gasteiger partial charge on any atom is -0.354 e. The van der Waals surface area contributed by atoms with Crippen molar-refractivity contribution in [2.24, 2.45) is 0 Å². The van der Waals surface area contributed by atoms with Crippen LogP contribution >= 0.6 is 12.4 Å². The summed E-state index contributed by atoms with van der Waals surface area (Å²) in [7, 11) is 0. The monoisotopic (exact) mass is 291 g/mol. The molecule has 1 heterocycles. The second kappa shape index (κ2) is 10.0. The maximum Gasteiger partial charge on any atom is 0.237 e. The fraction of sp³-hybridized carbons (Fsp3) is 0.846. The number of halogens is 1. The number of hydrogen-bond donors (Lipinski definition) is 3. The van der Waals surface area contributed by atoms with Gasteiger partial charge < -0.3 is 16.0 Å². The molecule has 0 aromatic carbocycles. The number of piperidine rings is 1. The van der Waals surface area contributed by atoms with Gasteiger partial charge >= 0.3 is 0 Å². The standard InChI is InChI=1S/C13H25N3O2.ClH/c1-3-10(2)16-12(17)7-9-15-13(18)11-6-4-5-8-14-11;/h10-11,14H,3-9H2,1-2H3,(H,15,18)(H,16,17);1H/t10?,11-;/m0./s1. The van der Waals surface area contributed by atoms with Gasteiger partial charge in [-0.15, -0.1) is 12.4 Å². The van der Waals surface area contributed by atoms with Crippen LogP contribution in [0.3, 0.4) is 0 Å². The lowest BCUT2D eigenvalue weighted by Gasteiger charge is -2.22. The third-order valence-electron chi connectivity index (χ3n) is 3.30. The topological polar surface area (TPSA) is 70.2 Å². The van der Waals surface area contributed by atoms with Gasteiger partial charge in [-0.3, -0.25) is 9.59 Å². The highest BCUT2D eigenvalue weighted by Gasteiger charge is 2.19. The number of carbonyl (C=O) groups excluding carboxylic acids is 2. The zero-order chi connectivity index (χ0) is 13.4. The van der Waals surface area contributed by atoms with E-state index in [0.29, 0.717) is 13.0 Å². The van der Waals surface area contributed by atoms with Crippen molar-refractivity contribution in [3.05, 3.63) is 0 Å². The van der Waals surface area contributed by atoms with Gasteiger partial charge in [0.25, 0.3) is 0 Å². The number of carbonyl (C=O) groups is 2. The molecule has 1 aliphatic rings. The Morgan fingerprint density at radius 2 is 2.11 bits per heavy atom. The van der Waals surface area contributed by atoms with Gasteiger partial charge in [-0.2, -0.15) is 0 Å². The molecule has 1 fully saturated rings. The molecule has 0 radical (unpaired) electrons. The Kier molecular flexibility index (Phi) is 9.61. The Balaban J connectivity index is 0.00000324. The summed E-state index contributed by atoms with van der Waals surface area (Å²) in [6.07, 6.45) is 4.40. The van der Waals surface area contributed by atoms with E-state index in [4.69, 9.17) is 0 Å². The van der Waals surface area contributed by atoms with E-state index < -0.39 is 0 Å². The molecule has 0 spiro atoms. The third kappa shape index (κ3) is 7.38. The minimum absolute atomic E-state index is 0. The van der Waals surface area contributed by atoms with Crippen LogP contribution in [0.4, 0.5) is 0 Å². The summed E-state index contributed by atoms with van der Waals surface area (Å²) in [5, 5.41) is 8.87. The molecule has 2 amide bonds. The van der Waals surface area contributed by atoms with Crippen LogP contribution in [0.15, 0.2) is 0 Å². The highest BCUT2D eigenvalue weighted by molar-refractivity contribution is 5.85. The first-order valence-corrected chi connectivity index (χ1v) is 6.94. The maximum absolute atomic E-state index is 11.8. The third-order valence-corrected chi connectivity index (χ3v) is 3.30. The highest BCUT2D eigenvalue weighted by Crippen LogP contribution is 2.06. The molecule has 5 nitrogen and oxygen atoms in total. The van der Waals surface area contributed by atoms with Crippen LogP contribution in [-0.2, 0) is 9.59 Å². The molecule has 0 aliphatic carbocycles. The van der Waals surface area contributed by atoms with E-state index in [-0.39, 0.29) is 36.3 Å². The molecule has 19 heavy (non-hydrogen) atoms. The predicted octanol–water partition coefficient (Wildman–Crippen LogP) is 0.971. The molecular formula is C13H26ClN3O2. The van der Waals surface area contributed by atoms with E-state index in [9.17, 15) is 9.59 Å². The second-order valence-electron chi connectivity index (χ2n) is 4.92. The molecule has 0 aromatic rings. The van der Waals surface area contributed by atoms with E-state index >= 15 is 0 Å². The summed E-state index contributed by atoms with van der Waals surface area (Å²) < 4.78 is 0. The molecule has 6 heteroatoms. The number of rotatable bonds is 6. The molecule has 1 aliphatic heterocycles. The van der Waals surface area contributed by atoms with Crippen LogP contribution in [-0.4, -0.2) is 37.0 Å². The first-order valence-electron chi connectivity index (χ1n) is 6.94. The molecule has 3 N–H and O–H groups in total. The van der Waals surface area contributed by atoms with Gasteiger partial charge in [0.15, 0.2) is 0 Å². The Bertz CT molecular complexity index is 281. The molecule has 1 rings (SSSR count). The van der Waals surface area contributed by atoms with Gasteiger partial charge in [-0.05, 0) is 32.7 Å². The van der Waals surface area contributed by atoms with E-state index in [1.807, 2.05) is 13.8 Å². The predicted molar refractivity (Wildman–Crippen MR) is 78.4 cm³/mol. The molecular weight excluding hydrogens is 266 g/mol. The van der Waals surface area contributed by atoms with E-state index in [0.717, 1.165) is 32.2 Å². The smallest absolute Gasteiger partial charge is 0.237 e. The van der Waals surface area contributed by atoms with Gasteiger partial charge in [0.05, 0.1) is 6.04 Å². The normalized spacial score (nSPS) is 20.0. The zero-order valence-corrected chi connectivity index (χ0v) is 12.6. The summed E-state index contributed by atoms with van der Waals surface area (Å²) in [6.45, 7) is 5.33. The van der Waals surface area contributed by atoms with Crippen molar-refractivity contribution in [3.8, 4) is 0 Å². The summed E-state index contributed by atoms with van der Waals surface area (Å²) >= 11 is 0. The van der Waals surface area contributed by atoms with Gasteiger partial charge in [-0.25, -0.2) is 0 Å². The Morgan fingerprint density at radius 1 is 1.37 bits per heavy atom. The van der Waals surface area contributed by atoms with Crippen LogP contribution in [0.25, 0.3) is 0 Å². The lowest BCUT2D eigenvalue weighted by atomic mass is 10.0. The molecule has 0 bridgehead atoms. The fourth-order valence-corrected chi connectivity index (χ4v) is 1.95.